The number of carbonyl (C=O) groups is 3. The van der Waals surface area contributed by atoms with Crippen molar-refractivity contribution in [2.24, 2.45) is 11.1 Å². The zero-order valence-corrected chi connectivity index (χ0v) is 9.00. The number of rotatable bonds is 5. The van der Waals surface area contributed by atoms with Crippen molar-refractivity contribution in [3.63, 3.8) is 0 Å². The molecule has 0 saturated heterocycles. The Morgan fingerprint density at radius 1 is 1.41 bits per heavy atom. The van der Waals surface area contributed by atoms with Gasteiger partial charge in [0.15, 0.2) is 0 Å². The van der Waals surface area contributed by atoms with Gasteiger partial charge in [-0.25, -0.2) is 0 Å². The van der Waals surface area contributed by atoms with E-state index < -0.39 is 29.8 Å². The summed E-state index contributed by atoms with van der Waals surface area (Å²) in [7, 11) is 0. The van der Waals surface area contributed by atoms with Crippen LogP contribution < -0.4 is 5.73 Å². The van der Waals surface area contributed by atoms with Gasteiger partial charge >= 0.3 is 11.9 Å². The highest BCUT2D eigenvalue weighted by Gasteiger charge is 2.37. The second-order valence-electron chi connectivity index (χ2n) is 3.97. The van der Waals surface area contributed by atoms with Crippen LogP contribution in [0.2, 0.25) is 0 Å². The van der Waals surface area contributed by atoms with Crippen molar-refractivity contribution in [3.05, 3.63) is 23.8 Å². The molecule has 6 nitrogen and oxygen atoms in total. The van der Waals surface area contributed by atoms with E-state index in [2.05, 4.69) is 0 Å². The maximum absolute atomic E-state index is 11.0. The minimum Gasteiger partial charge on any atom is -0.481 e. The third-order valence-corrected chi connectivity index (χ3v) is 2.65. The number of aliphatic carboxylic acids is 2. The van der Waals surface area contributed by atoms with Gasteiger partial charge in [0, 0.05) is 6.04 Å². The summed E-state index contributed by atoms with van der Waals surface area (Å²) in [6, 6.07) is -0.824. The van der Waals surface area contributed by atoms with E-state index in [0.29, 0.717) is 11.9 Å². The SMILES string of the molecule is NC1C=C(CC(=O)O)C=CC1(C=O)CC(=O)O. The molecule has 92 valence electrons. The van der Waals surface area contributed by atoms with E-state index in [1.807, 2.05) is 0 Å². The summed E-state index contributed by atoms with van der Waals surface area (Å²) < 4.78 is 0. The molecule has 0 fully saturated rings. The number of hydrogen-bond acceptors (Lipinski definition) is 4. The molecular weight excluding hydrogens is 226 g/mol. The Kier molecular flexibility index (Phi) is 3.80. The molecule has 1 aliphatic carbocycles. The van der Waals surface area contributed by atoms with E-state index in [0.717, 1.165) is 0 Å². The Labute approximate surface area is 97.4 Å². The highest BCUT2D eigenvalue weighted by atomic mass is 16.4. The van der Waals surface area contributed by atoms with Crippen LogP contribution in [0.15, 0.2) is 23.8 Å². The molecule has 1 aliphatic rings. The number of carbonyl (C=O) groups excluding carboxylic acids is 1. The molecule has 0 saturated carbocycles. The second-order valence-corrected chi connectivity index (χ2v) is 3.97. The van der Waals surface area contributed by atoms with E-state index in [9.17, 15) is 14.4 Å². The number of carboxylic acids is 2. The van der Waals surface area contributed by atoms with E-state index in [1.165, 1.54) is 18.2 Å². The largest absolute Gasteiger partial charge is 0.481 e. The normalized spacial score (nSPS) is 27.4. The maximum atomic E-state index is 11.0. The third kappa shape index (κ3) is 3.01. The maximum Gasteiger partial charge on any atom is 0.307 e. The first kappa shape index (κ1) is 13.1. The molecule has 1 rings (SSSR count). The van der Waals surface area contributed by atoms with Gasteiger partial charge in [-0.2, -0.15) is 0 Å². The van der Waals surface area contributed by atoms with Crippen LogP contribution in [0, 0.1) is 5.41 Å². The topological polar surface area (TPSA) is 118 Å². The minimum atomic E-state index is -1.28. The standard InChI is InChI=1S/C11H13NO5/c12-8-3-7(4-9(14)15)1-2-11(8,6-13)5-10(16)17/h1-3,6,8H,4-5,12H2,(H,14,15)(H,16,17). The molecule has 0 radical (unpaired) electrons. The van der Waals surface area contributed by atoms with Crippen molar-refractivity contribution in [1.29, 1.82) is 0 Å². The first-order chi connectivity index (χ1) is 7.89. The Balaban J connectivity index is 2.92. The van der Waals surface area contributed by atoms with Gasteiger partial charge in [0.1, 0.15) is 6.29 Å². The van der Waals surface area contributed by atoms with Crippen molar-refractivity contribution in [3.8, 4) is 0 Å². The Morgan fingerprint density at radius 2 is 2.06 bits per heavy atom. The van der Waals surface area contributed by atoms with Gasteiger partial charge in [0.2, 0.25) is 0 Å². The molecule has 0 amide bonds. The molecule has 0 heterocycles. The van der Waals surface area contributed by atoms with Gasteiger partial charge in [0.05, 0.1) is 18.3 Å². The van der Waals surface area contributed by atoms with Crippen molar-refractivity contribution >= 4 is 18.2 Å². The van der Waals surface area contributed by atoms with E-state index in [1.54, 1.807) is 0 Å². The van der Waals surface area contributed by atoms with Crippen molar-refractivity contribution in [2.45, 2.75) is 18.9 Å². The number of hydrogen-bond donors (Lipinski definition) is 3. The first-order valence-electron chi connectivity index (χ1n) is 4.95. The van der Waals surface area contributed by atoms with Gasteiger partial charge in [-0.15, -0.1) is 0 Å². The van der Waals surface area contributed by atoms with E-state index in [4.69, 9.17) is 15.9 Å². The van der Waals surface area contributed by atoms with Crippen LogP contribution in [0.25, 0.3) is 0 Å². The Bertz CT molecular complexity index is 412. The average molecular weight is 239 g/mol. The van der Waals surface area contributed by atoms with Crippen LogP contribution in [-0.4, -0.2) is 34.5 Å². The zero-order chi connectivity index (χ0) is 13.1. The summed E-state index contributed by atoms with van der Waals surface area (Å²) >= 11 is 0. The van der Waals surface area contributed by atoms with Crippen molar-refractivity contribution in [1.82, 2.24) is 0 Å². The highest BCUT2D eigenvalue weighted by Crippen LogP contribution is 2.31. The molecule has 4 N–H and O–H groups in total. The van der Waals surface area contributed by atoms with Gasteiger partial charge in [-0.05, 0) is 5.57 Å². The van der Waals surface area contributed by atoms with Crippen molar-refractivity contribution < 1.29 is 24.6 Å². The monoisotopic (exact) mass is 239 g/mol. The van der Waals surface area contributed by atoms with Gasteiger partial charge < -0.3 is 20.7 Å². The minimum absolute atomic E-state index is 0.202. The molecule has 0 aliphatic heterocycles. The predicted octanol–water partition coefficient (Wildman–Crippen LogP) is -0.0554. The van der Waals surface area contributed by atoms with Crippen LogP contribution in [0.3, 0.4) is 0 Å². The fourth-order valence-electron chi connectivity index (χ4n) is 1.71. The van der Waals surface area contributed by atoms with Crippen LogP contribution in [0.4, 0.5) is 0 Å². The number of allylic oxidation sites excluding steroid dienone is 1. The number of nitrogens with two attached hydrogens (primary N) is 1. The third-order valence-electron chi connectivity index (χ3n) is 2.65. The smallest absolute Gasteiger partial charge is 0.307 e. The Morgan fingerprint density at radius 3 is 2.47 bits per heavy atom. The van der Waals surface area contributed by atoms with Crippen LogP contribution in [-0.2, 0) is 14.4 Å². The molecular formula is C11H13NO5. The van der Waals surface area contributed by atoms with Gasteiger partial charge in [0.25, 0.3) is 0 Å². The van der Waals surface area contributed by atoms with E-state index >= 15 is 0 Å². The molecule has 2 unspecified atom stereocenters. The van der Waals surface area contributed by atoms with Gasteiger partial charge in [-0.3, -0.25) is 9.59 Å². The predicted molar refractivity (Wildman–Crippen MR) is 58.2 cm³/mol. The molecule has 17 heavy (non-hydrogen) atoms. The molecule has 0 aromatic rings. The molecule has 6 heteroatoms. The summed E-state index contributed by atoms with van der Waals surface area (Å²) in [6.07, 6.45) is 4.12. The zero-order valence-electron chi connectivity index (χ0n) is 9.00. The quantitative estimate of drug-likeness (QED) is 0.579. The summed E-state index contributed by atoms with van der Waals surface area (Å²) in [5, 5.41) is 17.3. The lowest BCUT2D eigenvalue weighted by atomic mass is 9.74. The average Bonchev–Trinajstić information content (AvgIpc) is 2.21. The highest BCUT2D eigenvalue weighted by molar-refractivity contribution is 5.78. The van der Waals surface area contributed by atoms with Crippen LogP contribution >= 0.6 is 0 Å². The van der Waals surface area contributed by atoms with Crippen LogP contribution in [0.5, 0.6) is 0 Å². The fourth-order valence-corrected chi connectivity index (χ4v) is 1.71. The van der Waals surface area contributed by atoms with Gasteiger partial charge in [-0.1, -0.05) is 18.2 Å². The van der Waals surface area contributed by atoms with Crippen molar-refractivity contribution in [2.75, 3.05) is 0 Å². The lowest BCUT2D eigenvalue weighted by molar-refractivity contribution is -0.141. The van der Waals surface area contributed by atoms with E-state index in [-0.39, 0.29) is 6.42 Å². The molecule has 0 aromatic carbocycles. The molecule has 0 bridgehead atoms. The summed E-state index contributed by atoms with van der Waals surface area (Å²) in [6.45, 7) is 0. The summed E-state index contributed by atoms with van der Waals surface area (Å²) in [5.41, 5.74) is 4.91. The molecule has 0 aromatic heterocycles. The summed E-state index contributed by atoms with van der Waals surface area (Å²) in [5.74, 6) is -2.14. The summed E-state index contributed by atoms with van der Waals surface area (Å²) in [4.78, 5) is 32.2. The first-order valence-corrected chi connectivity index (χ1v) is 4.95. The number of carboxylic acid groups (broad SMARTS) is 2. The fraction of sp³-hybridized carbons (Fsp3) is 0.364. The molecule has 2 atom stereocenters. The number of aldehydes is 1. The Hall–Kier alpha value is -1.95. The lowest BCUT2D eigenvalue weighted by Gasteiger charge is -2.30. The second kappa shape index (κ2) is 4.92. The van der Waals surface area contributed by atoms with Crippen LogP contribution in [0.1, 0.15) is 12.8 Å². The lowest BCUT2D eigenvalue weighted by Crippen LogP contribution is -2.43. The molecule has 0 spiro atoms.